The zero-order chi connectivity index (χ0) is 14.4. The van der Waals surface area contributed by atoms with Gasteiger partial charge in [-0.3, -0.25) is 0 Å². The zero-order valence-corrected chi connectivity index (χ0v) is 12.7. The fourth-order valence-electron chi connectivity index (χ4n) is 2.96. The van der Waals surface area contributed by atoms with Crippen LogP contribution in [0.2, 0.25) is 0 Å². The molecule has 0 unspecified atom stereocenters. The van der Waals surface area contributed by atoms with Crippen molar-refractivity contribution < 1.29 is 19.5 Å². The van der Waals surface area contributed by atoms with Crippen molar-refractivity contribution in [3.05, 3.63) is 23.8 Å². The molecule has 1 aromatic carbocycles. The van der Waals surface area contributed by atoms with Crippen molar-refractivity contribution in [1.29, 1.82) is 0 Å². The third kappa shape index (κ3) is 3.87. The van der Waals surface area contributed by atoms with Crippen LogP contribution in [-0.4, -0.2) is 33.5 Å². The first-order chi connectivity index (χ1) is 9.76. The van der Waals surface area contributed by atoms with Gasteiger partial charge in [-0.2, -0.15) is 0 Å². The lowest BCUT2D eigenvalue weighted by molar-refractivity contribution is -0.713. The van der Waals surface area contributed by atoms with Gasteiger partial charge >= 0.3 is 0 Å². The van der Waals surface area contributed by atoms with Gasteiger partial charge in [0.15, 0.2) is 0 Å². The molecule has 1 aliphatic carbocycles. The highest BCUT2D eigenvalue weighted by Crippen LogP contribution is 2.22. The van der Waals surface area contributed by atoms with E-state index < -0.39 is 0 Å². The number of ether oxygens (including phenoxy) is 3. The molecule has 0 saturated heterocycles. The Morgan fingerprint density at radius 1 is 1.00 bits per heavy atom. The highest BCUT2D eigenvalue weighted by atomic mass is 16.5. The van der Waals surface area contributed by atoms with Crippen molar-refractivity contribution in [2.24, 2.45) is 0 Å². The van der Waals surface area contributed by atoms with Crippen LogP contribution in [0.3, 0.4) is 0 Å². The van der Waals surface area contributed by atoms with E-state index >= 15 is 0 Å². The molecule has 1 saturated carbocycles. The Morgan fingerprint density at radius 3 is 2.25 bits per heavy atom. The molecule has 2 rings (SSSR count). The van der Waals surface area contributed by atoms with Gasteiger partial charge in [0.1, 0.15) is 30.2 Å². The smallest absolute Gasteiger partial charge is 0.123 e. The minimum Gasteiger partial charge on any atom is -0.497 e. The number of benzene rings is 1. The van der Waals surface area contributed by atoms with Gasteiger partial charge in [-0.1, -0.05) is 6.42 Å². The largest absolute Gasteiger partial charge is 0.497 e. The van der Waals surface area contributed by atoms with E-state index in [1.54, 1.807) is 14.2 Å². The standard InChI is InChI=1S/C16H25NO3/c1-18-13-8-12(9-14(10-13)19-2)11-17-15-6-4-5-7-16(15)20-3/h8-10,15-17H,4-7,11H2,1-3H3/p+1/t15-,16-/m0/s1. The number of hydrogen-bond donors (Lipinski definition) is 1. The van der Waals surface area contributed by atoms with Crippen LogP contribution in [-0.2, 0) is 11.3 Å². The summed E-state index contributed by atoms with van der Waals surface area (Å²) in [5, 5.41) is 2.39. The first-order valence-electron chi connectivity index (χ1n) is 7.35. The molecule has 112 valence electrons. The normalized spacial score (nSPS) is 22.6. The lowest BCUT2D eigenvalue weighted by Crippen LogP contribution is -2.91. The Morgan fingerprint density at radius 2 is 1.65 bits per heavy atom. The third-order valence-electron chi connectivity index (χ3n) is 4.12. The quantitative estimate of drug-likeness (QED) is 0.863. The van der Waals surface area contributed by atoms with E-state index in [1.165, 1.54) is 31.2 Å². The maximum atomic E-state index is 5.60. The maximum Gasteiger partial charge on any atom is 0.123 e. The lowest BCUT2D eigenvalue weighted by atomic mass is 9.92. The number of hydrogen-bond acceptors (Lipinski definition) is 3. The molecule has 2 N–H and O–H groups in total. The van der Waals surface area contributed by atoms with Crippen molar-refractivity contribution in [1.82, 2.24) is 0 Å². The van der Waals surface area contributed by atoms with Crippen molar-refractivity contribution in [2.75, 3.05) is 21.3 Å². The predicted molar refractivity (Wildman–Crippen MR) is 78.2 cm³/mol. The molecule has 0 bridgehead atoms. The Bertz CT molecular complexity index is 400. The van der Waals surface area contributed by atoms with E-state index in [4.69, 9.17) is 14.2 Å². The van der Waals surface area contributed by atoms with Crippen LogP contribution in [0.1, 0.15) is 31.2 Å². The van der Waals surface area contributed by atoms with Crippen molar-refractivity contribution in [3.8, 4) is 11.5 Å². The van der Waals surface area contributed by atoms with E-state index in [0.717, 1.165) is 18.0 Å². The summed E-state index contributed by atoms with van der Waals surface area (Å²) in [5.41, 5.74) is 1.22. The fourth-order valence-corrected chi connectivity index (χ4v) is 2.96. The van der Waals surface area contributed by atoms with Crippen molar-refractivity contribution in [2.45, 2.75) is 44.4 Å². The Balaban J connectivity index is 1.98. The molecule has 0 amide bonds. The zero-order valence-electron chi connectivity index (χ0n) is 12.7. The van der Waals surface area contributed by atoms with Gasteiger partial charge in [0.25, 0.3) is 0 Å². The second-order valence-electron chi connectivity index (χ2n) is 5.38. The molecule has 0 aromatic heterocycles. The molecule has 1 fully saturated rings. The van der Waals surface area contributed by atoms with Gasteiger partial charge in [0, 0.05) is 25.2 Å². The molecule has 1 aromatic rings. The topological polar surface area (TPSA) is 44.3 Å². The van der Waals surface area contributed by atoms with E-state index in [2.05, 4.69) is 17.4 Å². The second kappa shape index (κ2) is 7.50. The molecule has 20 heavy (non-hydrogen) atoms. The summed E-state index contributed by atoms with van der Waals surface area (Å²) >= 11 is 0. The summed E-state index contributed by atoms with van der Waals surface area (Å²) in [4.78, 5) is 0. The van der Waals surface area contributed by atoms with Crippen LogP contribution in [0.15, 0.2) is 18.2 Å². The fraction of sp³-hybridized carbons (Fsp3) is 0.625. The summed E-state index contributed by atoms with van der Waals surface area (Å²) < 4.78 is 16.2. The molecule has 0 aliphatic heterocycles. The van der Waals surface area contributed by atoms with Crippen molar-refractivity contribution in [3.63, 3.8) is 0 Å². The Labute approximate surface area is 121 Å². The van der Waals surface area contributed by atoms with Crippen LogP contribution in [0.5, 0.6) is 11.5 Å². The average Bonchev–Trinajstić information content (AvgIpc) is 2.52. The van der Waals surface area contributed by atoms with Crippen LogP contribution in [0, 0.1) is 0 Å². The maximum absolute atomic E-state index is 5.60. The van der Waals surface area contributed by atoms with Gasteiger partial charge in [-0.05, 0) is 25.0 Å². The predicted octanol–water partition coefficient (Wildman–Crippen LogP) is 1.72. The number of nitrogens with two attached hydrogens (primary N) is 1. The average molecular weight is 280 g/mol. The lowest BCUT2D eigenvalue weighted by Gasteiger charge is -2.28. The minimum absolute atomic E-state index is 0.385. The molecule has 0 radical (unpaired) electrons. The van der Waals surface area contributed by atoms with Gasteiger partial charge in [-0.15, -0.1) is 0 Å². The first kappa shape index (κ1) is 15.1. The van der Waals surface area contributed by atoms with E-state index in [-0.39, 0.29) is 0 Å². The highest BCUT2D eigenvalue weighted by Gasteiger charge is 2.27. The molecular weight excluding hydrogens is 254 g/mol. The minimum atomic E-state index is 0.385. The van der Waals surface area contributed by atoms with Gasteiger partial charge in [-0.25, -0.2) is 0 Å². The number of quaternary nitrogens is 1. The van der Waals surface area contributed by atoms with Crippen LogP contribution in [0.25, 0.3) is 0 Å². The SMILES string of the molecule is COc1cc(C[NH2+][C@H]2CCCC[C@@H]2OC)cc(OC)c1. The van der Waals surface area contributed by atoms with Gasteiger partial charge in [0.05, 0.1) is 14.2 Å². The van der Waals surface area contributed by atoms with Crippen LogP contribution >= 0.6 is 0 Å². The summed E-state index contributed by atoms with van der Waals surface area (Å²) in [6.45, 7) is 0.929. The van der Waals surface area contributed by atoms with Crippen LogP contribution < -0.4 is 14.8 Å². The summed E-state index contributed by atoms with van der Waals surface area (Å²) in [5.74, 6) is 1.69. The number of rotatable bonds is 6. The Hall–Kier alpha value is -1.26. The van der Waals surface area contributed by atoms with Crippen LogP contribution in [0.4, 0.5) is 0 Å². The highest BCUT2D eigenvalue weighted by molar-refractivity contribution is 5.38. The Kier molecular flexibility index (Phi) is 5.68. The number of methoxy groups -OCH3 is 3. The molecule has 4 nitrogen and oxygen atoms in total. The molecule has 2 atom stereocenters. The van der Waals surface area contributed by atoms with Crippen molar-refractivity contribution >= 4 is 0 Å². The molecular formula is C16H26NO3+. The third-order valence-corrected chi connectivity index (χ3v) is 4.12. The van der Waals surface area contributed by atoms with E-state index in [1.807, 2.05) is 13.2 Å². The molecule has 1 aliphatic rings. The second-order valence-corrected chi connectivity index (χ2v) is 5.38. The molecule has 0 spiro atoms. The monoisotopic (exact) mass is 280 g/mol. The van der Waals surface area contributed by atoms with E-state index in [9.17, 15) is 0 Å². The first-order valence-corrected chi connectivity index (χ1v) is 7.35. The summed E-state index contributed by atoms with van der Waals surface area (Å²) in [6, 6.07) is 6.61. The van der Waals surface area contributed by atoms with E-state index in [0.29, 0.717) is 12.1 Å². The molecule has 0 heterocycles. The summed E-state index contributed by atoms with van der Waals surface area (Å²) in [6.07, 6.45) is 5.40. The summed E-state index contributed by atoms with van der Waals surface area (Å²) in [7, 11) is 5.19. The van der Waals surface area contributed by atoms with Gasteiger partial charge < -0.3 is 19.5 Å². The van der Waals surface area contributed by atoms with Gasteiger partial charge in [0.2, 0.25) is 0 Å². The molecule has 4 heteroatoms.